The molecule has 0 atom stereocenters. The van der Waals surface area contributed by atoms with Crippen LogP contribution in [0.3, 0.4) is 0 Å². The fraction of sp³-hybridized carbons (Fsp3) is 0.588. The lowest BCUT2D eigenvalue weighted by Crippen LogP contribution is -2.37. The molecule has 0 unspecified atom stereocenters. The Kier molecular flexibility index (Phi) is 4.64. The number of rotatable bonds is 3. The Hall–Kier alpha value is -2.39. The number of nitrogens with zero attached hydrogens (tertiary/aromatic N) is 5. The second kappa shape index (κ2) is 7.08. The number of fused-ring (bicyclic) bond motifs is 1. The lowest BCUT2D eigenvalue weighted by molar-refractivity contribution is 0.122. The minimum absolute atomic E-state index is 0.134. The molecule has 2 aliphatic rings. The molecule has 9 heteroatoms. The van der Waals surface area contributed by atoms with Gasteiger partial charge in [0.2, 0.25) is 0 Å². The number of morpholine rings is 1. The Morgan fingerprint density at radius 1 is 1.23 bits per heavy atom. The van der Waals surface area contributed by atoms with E-state index in [1.807, 2.05) is 10.6 Å². The van der Waals surface area contributed by atoms with E-state index in [2.05, 4.69) is 15.0 Å². The molecular weight excluding hydrogens is 338 g/mol. The summed E-state index contributed by atoms with van der Waals surface area (Å²) in [5.74, 6) is 0.134. The first kappa shape index (κ1) is 17.0. The van der Waals surface area contributed by atoms with Gasteiger partial charge in [0.25, 0.3) is 0 Å². The van der Waals surface area contributed by atoms with Gasteiger partial charge in [-0.1, -0.05) is 0 Å². The maximum Gasteiger partial charge on any atom is 0.407 e. The Morgan fingerprint density at radius 2 is 1.96 bits per heavy atom. The van der Waals surface area contributed by atoms with Crippen LogP contribution in [0.4, 0.5) is 10.5 Å². The second-order valence-electron chi connectivity index (χ2n) is 6.70. The summed E-state index contributed by atoms with van der Waals surface area (Å²) < 4.78 is 7.26. The summed E-state index contributed by atoms with van der Waals surface area (Å²) in [6.07, 6.45) is 2.29. The molecule has 0 saturated carbocycles. The highest BCUT2D eigenvalue weighted by Gasteiger charge is 2.29. The maximum absolute atomic E-state index is 11.1. The fourth-order valence-corrected chi connectivity index (χ4v) is 3.92. The van der Waals surface area contributed by atoms with Crippen molar-refractivity contribution in [1.29, 1.82) is 0 Å². The summed E-state index contributed by atoms with van der Waals surface area (Å²) in [6.45, 7) is 3.79. The third-order valence-electron chi connectivity index (χ3n) is 5.26. The van der Waals surface area contributed by atoms with E-state index in [-0.39, 0.29) is 12.5 Å². The number of carboxylic acid groups (broad SMARTS) is 1. The molecule has 26 heavy (non-hydrogen) atoms. The van der Waals surface area contributed by atoms with Gasteiger partial charge in [0, 0.05) is 32.1 Å². The molecule has 2 saturated heterocycles. The monoisotopic (exact) mass is 361 g/mol. The fourth-order valence-electron chi connectivity index (χ4n) is 3.92. The maximum atomic E-state index is 11.1. The van der Waals surface area contributed by atoms with Crippen molar-refractivity contribution in [1.82, 2.24) is 19.5 Å². The van der Waals surface area contributed by atoms with Crippen molar-refractivity contribution in [2.45, 2.75) is 25.4 Å². The molecule has 9 nitrogen and oxygen atoms in total. The number of piperidine rings is 1. The molecular formula is C17H23N5O4. The molecule has 2 aromatic rings. The zero-order valence-electron chi connectivity index (χ0n) is 14.5. The highest BCUT2D eigenvalue weighted by Crippen LogP contribution is 2.33. The van der Waals surface area contributed by atoms with Crippen LogP contribution in [-0.2, 0) is 11.3 Å². The van der Waals surface area contributed by atoms with Crippen molar-refractivity contribution >= 4 is 17.4 Å². The molecule has 0 spiro atoms. The Bertz CT molecular complexity index is 794. The number of amides is 1. The molecule has 4 heterocycles. The molecule has 140 valence electrons. The molecule has 0 bridgehead atoms. The predicted molar refractivity (Wildman–Crippen MR) is 93.5 cm³/mol. The van der Waals surface area contributed by atoms with Crippen LogP contribution in [0, 0.1) is 0 Å². The Balaban J connectivity index is 1.70. The van der Waals surface area contributed by atoms with Crippen LogP contribution < -0.4 is 4.90 Å². The standard InChI is InChI=1S/C17H23N5O4/c23-11-13-15(12-2-5-21(6-3-12)17(24)25)22-16(19-13)14(1-4-18-22)20-7-9-26-10-8-20/h1,4,12,23H,2-3,5-11H2,(H,24,25). The summed E-state index contributed by atoms with van der Waals surface area (Å²) in [4.78, 5) is 19.5. The van der Waals surface area contributed by atoms with E-state index < -0.39 is 6.09 Å². The number of imidazole rings is 1. The van der Waals surface area contributed by atoms with E-state index in [1.165, 1.54) is 4.90 Å². The van der Waals surface area contributed by atoms with Crippen LogP contribution in [0.5, 0.6) is 0 Å². The van der Waals surface area contributed by atoms with Gasteiger partial charge in [0.15, 0.2) is 5.65 Å². The number of aromatic nitrogens is 3. The quantitative estimate of drug-likeness (QED) is 0.838. The van der Waals surface area contributed by atoms with Crippen LogP contribution >= 0.6 is 0 Å². The van der Waals surface area contributed by atoms with E-state index >= 15 is 0 Å². The first-order valence-electron chi connectivity index (χ1n) is 8.97. The molecule has 0 aromatic carbocycles. The van der Waals surface area contributed by atoms with Gasteiger partial charge in [-0.15, -0.1) is 0 Å². The van der Waals surface area contributed by atoms with Gasteiger partial charge in [-0.3, -0.25) is 0 Å². The Morgan fingerprint density at radius 3 is 2.62 bits per heavy atom. The number of hydrogen-bond donors (Lipinski definition) is 2. The zero-order chi connectivity index (χ0) is 18.1. The molecule has 2 aliphatic heterocycles. The van der Waals surface area contributed by atoms with Gasteiger partial charge in [-0.05, 0) is 18.9 Å². The van der Waals surface area contributed by atoms with E-state index in [4.69, 9.17) is 9.84 Å². The molecule has 4 rings (SSSR count). The van der Waals surface area contributed by atoms with Gasteiger partial charge in [-0.25, -0.2) is 14.3 Å². The first-order chi connectivity index (χ1) is 12.7. The number of likely N-dealkylation sites (tertiary alicyclic amines) is 1. The SMILES string of the molecule is O=C(O)N1CCC(c2c(CO)nc3c(N4CCOCC4)ccnn23)CC1. The van der Waals surface area contributed by atoms with Gasteiger partial charge < -0.3 is 24.7 Å². The number of anilines is 1. The molecule has 0 aliphatic carbocycles. The van der Waals surface area contributed by atoms with Crippen LogP contribution in [0.25, 0.3) is 5.65 Å². The van der Waals surface area contributed by atoms with Crippen LogP contribution in [0.1, 0.15) is 30.1 Å². The molecule has 2 aromatic heterocycles. The number of aliphatic hydroxyl groups is 1. The van der Waals surface area contributed by atoms with Gasteiger partial charge in [0.05, 0.1) is 43.1 Å². The Labute approximate surface area is 150 Å². The topological polar surface area (TPSA) is 103 Å². The van der Waals surface area contributed by atoms with Crippen molar-refractivity contribution < 1.29 is 19.7 Å². The molecule has 2 fully saturated rings. The summed E-state index contributed by atoms with van der Waals surface area (Å²) in [5.41, 5.74) is 3.27. The summed E-state index contributed by atoms with van der Waals surface area (Å²) in [6, 6.07) is 1.95. The highest BCUT2D eigenvalue weighted by molar-refractivity contribution is 5.69. The van der Waals surface area contributed by atoms with E-state index in [0.717, 1.165) is 30.1 Å². The molecule has 0 radical (unpaired) electrons. The summed E-state index contributed by atoms with van der Waals surface area (Å²) >= 11 is 0. The summed E-state index contributed by atoms with van der Waals surface area (Å²) in [7, 11) is 0. The van der Waals surface area contributed by atoms with Crippen molar-refractivity contribution in [2.75, 3.05) is 44.3 Å². The van der Waals surface area contributed by atoms with Gasteiger partial charge in [-0.2, -0.15) is 5.10 Å². The van der Waals surface area contributed by atoms with Crippen molar-refractivity contribution in [3.63, 3.8) is 0 Å². The predicted octanol–water partition coefficient (Wildman–Crippen LogP) is 0.916. The third-order valence-corrected chi connectivity index (χ3v) is 5.26. The summed E-state index contributed by atoms with van der Waals surface area (Å²) in [5, 5.41) is 23.5. The third kappa shape index (κ3) is 2.97. The lowest BCUT2D eigenvalue weighted by atomic mass is 9.92. The van der Waals surface area contributed by atoms with Crippen molar-refractivity contribution in [2.24, 2.45) is 0 Å². The van der Waals surface area contributed by atoms with Crippen LogP contribution in [0.15, 0.2) is 12.3 Å². The normalized spacial score (nSPS) is 19.3. The average Bonchev–Trinajstić information content (AvgIpc) is 3.07. The number of carbonyl (C=O) groups is 1. The van der Waals surface area contributed by atoms with Gasteiger partial charge in [0.1, 0.15) is 0 Å². The number of hydrogen-bond acceptors (Lipinski definition) is 6. The van der Waals surface area contributed by atoms with Crippen LogP contribution in [0.2, 0.25) is 0 Å². The second-order valence-corrected chi connectivity index (χ2v) is 6.70. The number of aliphatic hydroxyl groups excluding tert-OH is 1. The largest absolute Gasteiger partial charge is 0.465 e. The molecule has 1 amide bonds. The van der Waals surface area contributed by atoms with Gasteiger partial charge >= 0.3 is 6.09 Å². The van der Waals surface area contributed by atoms with E-state index in [0.29, 0.717) is 44.8 Å². The highest BCUT2D eigenvalue weighted by atomic mass is 16.5. The first-order valence-corrected chi connectivity index (χ1v) is 8.97. The van der Waals surface area contributed by atoms with Crippen molar-refractivity contribution in [3.05, 3.63) is 23.7 Å². The average molecular weight is 361 g/mol. The number of ether oxygens (including phenoxy) is 1. The minimum Gasteiger partial charge on any atom is -0.465 e. The zero-order valence-corrected chi connectivity index (χ0v) is 14.5. The van der Waals surface area contributed by atoms with E-state index in [1.54, 1.807) is 6.20 Å². The van der Waals surface area contributed by atoms with E-state index in [9.17, 15) is 9.90 Å². The molecule has 2 N–H and O–H groups in total. The smallest absolute Gasteiger partial charge is 0.407 e. The van der Waals surface area contributed by atoms with Crippen LogP contribution in [-0.4, -0.2) is 75.2 Å². The lowest BCUT2D eigenvalue weighted by Gasteiger charge is -2.30. The minimum atomic E-state index is -0.878. The van der Waals surface area contributed by atoms with Crippen molar-refractivity contribution in [3.8, 4) is 0 Å².